The van der Waals surface area contributed by atoms with Crippen molar-refractivity contribution >= 4 is 17.6 Å². The third kappa shape index (κ3) is 4.45. The van der Waals surface area contributed by atoms with Crippen molar-refractivity contribution in [2.24, 2.45) is 0 Å². The molecule has 0 bridgehead atoms. The molecular weight excluding hydrogens is 278 g/mol. The van der Waals surface area contributed by atoms with Gasteiger partial charge in [-0.1, -0.05) is 29.8 Å². The SMILES string of the molecule is CC(=O)Nc1ccc(CC(=O)Oc2ccc(C)cc2C)cc1. The molecule has 0 spiro atoms. The molecule has 2 aromatic rings. The molecule has 0 aromatic heterocycles. The van der Waals surface area contributed by atoms with Crippen molar-refractivity contribution in [3.63, 3.8) is 0 Å². The standard InChI is InChI=1S/C18H19NO3/c1-12-4-9-17(13(2)10-12)22-18(21)11-15-5-7-16(8-6-15)19-14(3)20/h4-10H,11H2,1-3H3,(H,19,20). The lowest BCUT2D eigenvalue weighted by Crippen LogP contribution is -2.12. The molecule has 1 amide bonds. The molecule has 0 radical (unpaired) electrons. The molecule has 4 heteroatoms. The first kappa shape index (κ1) is 15.8. The van der Waals surface area contributed by atoms with Crippen LogP contribution in [0, 0.1) is 13.8 Å². The molecule has 0 fully saturated rings. The summed E-state index contributed by atoms with van der Waals surface area (Å²) in [6.45, 7) is 5.36. The quantitative estimate of drug-likeness (QED) is 0.695. The molecule has 2 rings (SSSR count). The molecule has 2 aromatic carbocycles. The van der Waals surface area contributed by atoms with Crippen LogP contribution in [0.2, 0.25) is 0 Å². The van der Waals surface area contributed by atoms with E-state index in [9.17, 15) is 9.59 Å². The van der Waals surface area contributed by atoms with Gasteiger partial charge in [-0.2, -0.15) is 0 Å². The van der Waals surface area contributed by atoms with E-state index < -0.39 is 0 Å². The summed E-state index contributed by atoms with van der Waals surface area (Å²) in [6.07, 6.45) is 0.188. The Hall–Kier alpha value is -2.62. The van der Waals surface area contributed by atoms with Crippen molar-refractivity contribution in [1.29, 1.82) is 0 Å². The second-order valence-corrected chi connectivity index (χ2v) is 5.30. The Labute approximate surface area is 130 Å². The first-order valence-corrected chi connectivity index (χ1v) is 7.08. The summed E-state index contributed by atoms with van der Waals surface area (Å²) in [5, 5.41) is 2.68. The van der Waals surface area contributed by atoms with Crippen molar-refractivity contribution in [1.82, 2.24) is 0 Å². The summed E-state index contributed by atoms with van der Waals surface area (Å²) >= 11 is 0. The van der Waals surface area contributed by atoms with Gasteiger partial charge in [0.15, 0.2) is 0 Å². The van der Waals surface area contributed by atoms with Crippen LogP contribution >= 0.6 is 0 Å². The summed E-state index contributed by atoms with van der Waals surface area (Å²) in [4.78, 5) is 22.9. The van der Waals surface area contributed by atoms with Gasteiger partial charge in [-0.05, 0) is 43.2 Å². The third-order valence-corrected chi connectivity index (χ3v) is 3.18. The van der Waals surface area contributed by atoms with Gasteiger partial charge in [0.05, 0.1) is 6.42 Å². The van der Waals surface area contributed by atoms with Gasteiger partial charge in [0.25, 0.3) is 0 Å². The minimum absolute atomic E-state index is 0.123. The lowest BCUT2D eigenvalue weighted by atomic mass is 10.1. The van der Waals surface area contributed by atoms with Gasteiger partial charge in [0, 0.05) is 12.6 Å². The number of amides is 1. The highest BCUT2D eigenvalue weighted by atomic mass is 16.5. The average molecular weight is 297 g/mol. The molecular formula is C18H19NO3. The largest absolute Gasteiger partial charge is 0.426 e. The highest BCUT2D eigenvalue weighted by molar-refractivity contribution is 5.88. The third-order valence-electron chi connectivity index (χ3n) is 3.18. The van der Waals surface area contributed by atoms with Crippen LogP contribution in [0.1, 0.15) is 23.6 Å². The highest BCUT2D eigenvalue weighted by Gasteiger charge is 2.09. The Balaban J connectivity index is 1.98. The molecule has 4 nitrogen and oxygen atoms in total. The number of carbonyl (C=O) groups is 2. The van der Waals surface area contributed by atoms with E-state index in [-0.39, 0.29) is 18.3 Å². The number of aryl methyl sites for hydroxylation is 2. The van der Waals surface area contributed by atoms with E-state index in [1.807, 2.05) is 32.0 Å². The lowest BCUT2D eigenvalue weighted by Gasteiger charge is -2.08. The molecule has 0 heterocycles. The minimum Gasteiger partial charge on any atom is -0.426 e. The van der Waals surface area contributed by atoms with Gasteiger partial charge in [0.1, 0.15) is 5.75 Å². The molecule has 114 valence electrons. The van der Waals surface area contributed by atoms with Crippen molar-refractivity contribution in [2.45, 2.75) is 27.2 Å². The summed E-state index contributed by atoms with van der Waals surface area (Å²) < 4.78 is 5.39. The van der Waals surface area contributed by atoms with Crippen LogP contribution in [-0.4, -0.2) is 11.9 Å². The summed E-state index contributed by atoms with van der Waals surface area (Å²) in [6, 6.07) is 12.8. The maximum absolute atomic E-state index is 12.0. The van der Waals surface area contributed by atoms with Crippen molar-refractivity contribution in [2.75, 3.05) is 5.32 Å². The Kier molecular flexibility index (Phi) is 4.94. The molecule has 0 aliphatic heterocycles. The molecule has 0 saturated heterocycles. The zero-order valence-corrected chi connectivity index (χ0v) is 13.0. The monoisotopic (exact) mass is 297 g/mol. The first-order valence-electron chi connectivity index (χ1n) is 7.08. The molecule has 0 atom stereocenters. The Bertz CT molecular complexity index is 690. The fourth-order valence-corrected chi connectivity index (χ4v) is 2.15. The second-order valence-electron chi connectivity index (χ2n) is 5.30. The maximum atomic E-state index is 12.0. The number of hydrogen-bond donors (Lipinski definition) is 1. The summed E-state index contributed by atoms with van der Waals surface area (Å²) in [5.74, 6) is 0.159. The van der Waals surface area contributed by atoms with Crippen molar-refractivity contribution in [3.05, 3.63) is 59.2 Å². The predicted octanol–water partition coefficient (Wildman–Crippen LogP) is 3.41. The molecule has 0 saturated carbocycles. The average Bonchev–Trinajstić information content (AvgIpc) is 2.43. The lowest BCUT2D eigenvalue weighted by molar-refractivity contribution is -0.133. The maximum Gasteiger partial charge on any atom is 0.315 e. The predicted molar refractivity (Wildman–Crippen MR) is 86.0 cm³/mol. The summed E-state index contributed by atoms with van der Waals surface area (Å²) in [7, 11) is 0. The first-order chi connectivity index (χ1) is 10.4. The molecule has 0 aliphatic carbocycles. The fraction of sp³-hybridized carbons (Fsp3) is 0.222. The van der Waals surface area contributed by atoms with E-state index in [0.29, 0.717) is 11.4 Å². The van der Waals surface area contributed by atoms with Crippen LogP contribution in [0.15, 0.2) is 42.5 Å². The zero-order valence-electron chi connectivity index (χ0n) is 13.0. The molecule has 0 aliphatic rings. The molecule has 22 heavy (non-hydrogen) atoms. The van der Waals surface area contributed by atoms with Gasteiger partial charge in [-0.25, -0.2) is 0 Å². The smallest absolute Gasteiger partial charge is 0.315 e. The Morgan fingerprint density at radius 3 is 2.32 bits per heavy atom. The summed E-state index contributed by atoms with van der Waals surface area (Å²) in [5.41, 5.74) is 3.61. The Morgan fingerprint density at radius 2 is 1.73 bits per heavy atom. The normalized spacial score (nSPS) is 10.1. The van der Waals surface area contributed by atoms with Crippen molar-refractivity contribution < 1.29 is 14.3 Å². The number of ether oxygens (including phenoxy) is 1. The number of nitrogens with one attached hydrogen (secondary N) is 1. The van der Waals surface area contributed by atoms with Crippen LogP contribution in [0.5, 0.6) is 5.75 Å². The minimum atomic E-state index is -0.306. The van der Waals surface area contributed by atoms with Gasteiger partial charge < -0.3 is 10.1 Å². The van der Waals surface area contributed by atoms with E-state index in [2.05, 4.69) is 5.32 Å². The van der Waals surface area contributed by atoms with Crippen LogP contribution in [0.4, 0.5) is 5.69 Å². The van der Waals surface area contributed by atoms with Gasteiger partial charge >= 0.3 is 5.97 Å². The van der Waals surface area contributed by atoms with E-state index in [1.165, 1.54) is 6.92 Å². The molecule has 0 unspecified atom stereocenters. The van der Waals surface area contributed by atoms with E-state index in [0.717, 1.165) is 16.7 Å². The van der Waals surface area contributed by atoms with Crippen LogP contribution in [-0.2, 0) is 16.0 Å². The van der Waals surface area contributed by atoms with E-state index in [4.69, 9.17) is 4.74 Å². The second kappa shape index (κ2) is 6.89. The topological polar surface area (TPSA) is 55.4 Å². The van der Waals surface area contributed by atoms with Crippen LogP contribution in [0.3, 0.4) is 0 Å². The highest BCUT2D eigenvalue weighted by Crippen LogP contribution is 2.19. The van der Waals surface area contributed by atoms with Gasteiger partial charge in [-0.15, -0.1) is 0 Å². The van der Waals surface area contributed by atoms with E-state index in [1.54, 1.807) is 24.3 Å². The van der Waals surface area contributed by atoms with Crippen molar-refractivity contribution in [3.8, 4) is 5.75 Å². The Morgan fingerprint density at radius 1 is 1.05 bits per heavy atom. The van der Waals surface area contributed by atoms with Gasteiger partial charge in [-0.3, -0.25) is 9.59 Å². The number of esters is 1. The van der Waals surface area contributed by atoms with Gasteiger partial charge in [0.2, 0.25) is 5.91 Å². The number of benzene rings is 2. The number of carbonyl (C=O) groups excluding carboxylic acids is 2. The number of hydrogen-bond acceptors (Lipinski definition) is 3. The fourth-order valence-electron chi connectivity index (χ4n) is 2.15. The van der Waals surface area contributed by atoms with Crippen LogP contribution < -0.4 is 10.1 Å². The number of rotatable bonds is 4. The number of anilines is 1. The van der Waals surface area contributed by atoms with Crippen LogP contribution in [0.25, 0.3) is 0 Å². The zero-order chi connectivity index (χ0) is 16.1. The molecule has 1 N–H and O–H groups in total. The van der Waals surface area contributed by atoms with E-state index >= 15 is 0 Å².